The Morgan fingerprint density at radius 3 is 3.00 bits per heavy atom. The van der Waals surface area contributed by atoms with Crippen LogP contribution >= 0.6 is 0 Å². The molecule has 1 atom stereocenters. The Kier molecular flexibility index (Phi) is 3.60. The Bertz CT molecular complexity index is 673. The normalized spacial score (nSPS) is 22.6. The minimum Gasteiger partial charge on any atom is -0.493 e. The highest BCUT2D eigenvalue weighted by Gasteiger charge is 2.38. The number of nitrogens with one attached hydrogen (secondary N) is 1. The maximum Gasteiger partial charge on any atom is 0.323 e. The molecular formula is C13H16N2O5S. The molecule has 2 aliphatic heterocycles. The summed E-state index contributed by atoms with van der Waals surface area (Å²) in [7, 11) is -3.82. The number of carboxylic acid groups (broad SMARTS) is 1. The van der Waals surface area contributed by atoms with Crippen molar-refractivity contribution in [1.82, 2.24) is 9.62 Å². The number of nitrogens with zero attached hydrogens (tertiary/aromatic N) is 1. The summed E-state index contributed by atoms with van der Waals surface area (Å²) in [6.07, 6.45) is 0.669. The largest absolute Gasteiger partial charge is 0.493 e. The molecule has 2 N–H and O–H groups in total. The van der Waals surface area contributed by atoms with Gasteiger partial charge >= 0.3 is 5.97 Å². The molecule has 1 unspecified atom stereocenters. The van der Waals surface area contributed by atoms with E-state index in [9.17, 15) is 18.3 Å². The van der Waals surface area contributed by atoms with Crippen molar-refractivity contribution in [3.8, 4) is 5.75 Å². The van der Waals surface area contributed by atoms with Crippen LogP contribution in [0.15, 0.2) is 23.1 Å². The van der Waals surface area contributed by atoms with Gasteiger partial charge in [-0.05, 0) is 23.8 Å². The van der Waals surface area contributed by atoms with Crippen LogP contribution in [0.25, 0.3) is 0 Å². The van der Waals surface area contributed by atoms with E-state index in [-0.39, 0.29) is 18.0 Å². The van der Waals surface area contributed by atoms with Crippen molar-refractivity contribution in [3.05, 3.63) is 23.8 Å². The molecule has 0 spiro atoms. The molecule has 0 radical (unpaired) electrons. The number of fused-ring (bicyclic) bond motifs is 1. The number of hydrogen-bond donors (Lipinski definition) is 2. The molecule has 21 heavy (non-hydrogen) atoms. The van der Waals surface area contributed by atoms with Gasteiger partial charge in [-0.1, -0.05) is 0 Å². The van der Waals surface area contributed by atoms with Gasteiger partial charge in [0, 0.05) is 26.1 Å². The van der Waals surface area contributed by atoms with E-state index in [4.69, 9.17) is 4.74 Å². The van der Waals surface area contributed by atoms with Crippen LogP contribution in [0.1, 0.15) is 5.56 Å². The number of benzene rings is 1. The maximum absolute atomic E-state index is 12.7. The van der Waals surface area contributed by atoms with Gasteiger partial charge < -0.3 is 15.2 Å². The zero-order valence-corrected chi connectivity index (χ0v) is 12.1. The summed E-state index contributed by atoms with van der Waals surface area (Å²) in [6.45, 7) is 1.25. The van der Waals surface area contributed by atoms with Crippen molar-refractivity contribution >= 4 is 16.0 Å². The summed E-state index contributed by atoms with van der Waals surface area (Å²) in [5, 5.41) is 12.1. The van der Waals surface area contributed by atoms with Gasteiger partial charge in [-0.2, -0.15) is 4.31 Å². The number of rotatable bonds is 3. The molecule has 0 bridgehead atoms. The Morgan fingerprint density at radius 1 is 1.43 bits per heavy atom. The number of sulfonamides is 1. The number of aliphatic carboxylic acids is 1. The average Bonchev–Trinajstić information content (AvgIpc) is 2.94. The zero-order chi connectivity index (χ0) is 15.0. The third kappa shape index (κ3) is 2.50. The van der Waals surface area contributed by atoms with Crippen molar-refractivity contribution in [2.24, 2.45) is 0 Å². The number of hydrogen-bond acceptors (Lipinski definition) is 5. The van der Waals surface area contributed by atoms with Gasteiger partial charge in [-0.15, -0.1) is 0 Å². The van der Waals surface area contributed by atoms with E-state index in [0.717, 1.165) is 9.87 Å². The third-order valence-electron chi connectivity index (χ3n) is 3.75. The molecule has 0 amide bonds. The molecule has 1 saturated heterocycles. The molecule has 0 aliphatic carbocycles. The first-order valence-corrected chi connectivity index (χ1v) is 8.15. The van der Waals surface area contributed by atoms with Crippen LogP contribution in [0.5, 0.6) is 5.75 Å². The number of piperazine rings is 1. The molecule has 3 rings (SSSR count). The molecule has 114 valence electrons. The molecule has 1 fully saturated rings. The van der Waals surface area contributed by atoms with Gasteiger partial charge in [0.1, 0.15) is 11.8 Å². The monoisotopic (exact) mass is 312 g/mol. The Labute approximate surface area is 122 Å². The van der Waals surface area contributed by atoms with Crippen LogP contribution in [-0.4, -0.2) is 56.1 Å². The van der Waals surface area contributed by atoms with Crippen LogP contribution in [-0.2, 0) is 21.2 Å². The van der Waals surface area contributed by atoms with Crippen LogP contribution < -0.4 is 10.1 Å². The first-order valence-electron chi connectivity index (χ1n) is 6.71. The van der Waals surface area contributed by atoms with E-state index in [1.54, 1.807) is 12.1 Å². The van der Waals surface area contributed by atoms with E-state index in [0.29, 0.717) is 25.3 Å². The van der Waals surface area contributed by atoms with E-state index >= 15 is 0 Å². The van der Waals surface area contributed by atoms with Crippen molar-refractivity contribution in [2.75, 3.05) is 26.2 Å². The molecule has 8 heteroatoms. The molecule has 2 heterocycles. The minimum absolute atomic E-state index is 0.114. The van der Waals surface area contributed by atoms with Gasteiger partial charge in [-0.3, -0.25) is 4.79 Å². The summed E-state index contributed by atoms with van der Waals surface area (Å²) in [6, 6.07) is 3.61. The van der Waals surface area contributed by atoms with Gasteiger partial charge in [0.15, 0.2) is 0 Å². The highest BCUT2D eigenvalue weighted by Crippen LogP contribution is 2.29. The molecule has 1 aromatic rings. The Hall–Kier alpha value is -1.64. The summed E-state index contributed by atoms with van der Waals surface area (Å²) in [5.41, 5.74) is 0.845. The fraction of sp³-hybridized carbons (Fsp3) is 0.462. The average molecular weight is 312 g/mol. The van der Waals surface area contributed by atoms with E-state index in [1.807, 2.05) is 0 Å². The van der Waals surface area contributed by atoms with Gasteiger partial charge in [0.25, 0.3) is 0 Å². The van der Waals surface area contributed by atoms with Crippen molar-refractivity contribution in [3.63, 3.8) is 0 Å². The second-order valence-electron chi connectivity index (χ2n) is 5.04. The summed E-state index contributed by atoms with van der Waals surface area (Å²) in [4.78, 5) is 11.4. The molecule has 0 saturated carbocycles. The second kappa shape index (κ2) is 5.28. The quantitative estimate of drug-likeness (QED) is 0.793. The SMILES string of the molecule is O=C(O)C1CNCCN1S(=O)(=O)c1ccc2c(c1)CCO2. The highest BCUT2D eigenvalue weighted by molar-refractivity contribution is 7.89. The molecule has 2 aliphatic rings. The van der Waals surface area contributed by atoms with Crippen molar-refractivity contribution < 1.29 is 23.1 Å². The van der Waals surface area contributed by atoms with Gasteiger partial charge in [-0.25, -0.2) is 8.42 Å². The lowest BCUT2D eigenvalue weighted by molar-refractivity contribution is -0.141. The Morgan fingerprint density at radius 2 is 2.24 bits per heavy atom. The summed E-state index contributed by atoms with van der Waals surface area (Å²) in [5.74, 6) is -0.445. The fourth-order valence-electron chi connectivity index (χ4n) is 2.64. The van der Waals surface area contributed by atoms with Crippen molar-refractivity contribution in [2.45, 2.75) is 17.4 Å². The van der Waals surface area contributed by atoms with Crippen LogP contribution in [0, 0.1) is 0 Å². The van der Waals surface area contributed by atoms with Crippen molar-refractivity contribution in [1.29, 1.82) is 0 Å². The predicted octanol–water partition coefficient (Wildman–Crippen LogP) is -0.331. The molecule has 7 nitrogen and oxygen atoms in total. The Balaban J connectivity index is 1.97. The topological polar surface area (TPSA) is 95.9 Å². The highest BCUT2D eigenvalue weighted by atomic mass is 32.2. The minimum atomic E-state index is -3.82. The first-order chi connectivity index (χ1) is 10.00. The van der Waals surface area contributed by atoms with E-state index in [1.165, 1.54) is 6.07 Å². The lowest BCUT2D eigenvalue weighted by Gasteiger charge is -2.32. The fourth-order valence-corrected chi connectivity index (χ4v) is 4.28. The van der Waals surface area contributed by atoms with Gasteiger partial charge in [0.05, 0.1) is 11.5 Å². The third-order valence-corrected chi connectivity index (χ3v) is 5.65. The second-order valence-corrected chi connectivity index (χ2v) is 6.93. The molecular weight excluding hydrogens is 296 g/mol. The molecule has 1 aromatic carbocycles. The standard InChI is InChI=1S/C13H16N2O5S/c16-13(17)11-8-14-4-5-15(11)21(18,19)10-1-2-12-9(7-10)3-6-20-12/h1-2,7,11,14H,3-6,8H2,(H,16,17). The smallest absolute Gasteiger partial charge is 0.323 e. The predicted molar refractivity (Wildman–Crippen MR) is 73.8 cm³/mol. The summed E-state index contributed by atoms with van der Waals surface area (Å²) >= 11 is 0. The first kappa shape index (κ1) is 14.3. The number of carboxylic acids is 1. The van der Waals surface area contributed by atoms with Crippen LogP contribution in [0.2, 0.25) is 0 Å². The van der Waals surface area contributed by atoms with Crippen LogP contribution in [0.3, 0.4) is 0 Å². The van der Waals surface area contributed by atoms with E-state index < -0.39 is 22.0 Å². The van der Waals surface area contributed by atoms with Crippen LogP contribution in [0.4, 0.5) is 0 Å². The molecule has 0 aromatic heterocycles. The van der Waals surface area contributed by atoms with Gasteiger partial charge in [0.2, 0.25) is 10.0 Å². The number of ether oxygens (including phenoxy) is 1. The van der Waals surface area contributed by atoms with E-state index in [2.05, 4.69) is 5.32 Å². The zero-order valence-electron chi connectivity index (χ0n) is 11.3. The number of carbonyl (C=O) groups is 1. The lowest BCUT2D eigenvalue weighted by Crippen LogP contribution is -2.56. The lowest BCUT2D eigenvalue weighted by atomic mass is 10.2. The summed E-state index contributed by atoms with van der Waals surface area (Å²) < 4.78 is 31.8. The maximum atomic E-state index is 12.7.